The molecule has 0 saturated carbocycles. The summed E-state index contributed by atoms with van der Waals surface area (Å²) in [7, 11) is 0. The Labute approximate surface area is 155 Å². The van der Waals surface area contributed by atoms with E-state index in [4.69, 9.17) is 11.5 Å². The first-order valence-electron chi connectivity index (χ1n) is 9.00. The molecule has 1 aliphatic rings. The Morgan fingerprint density at radius 3 is 2.89 bits per heavy atom. The number of imidazole rings is 1. The number of carbonyl (C=O) groups is 1. The van der Waals surface area contributed by atoms with Gasteiger partial charge in [-0.2, -0.15) is 0 Å². The number of pyridine rings is 1. The van der Waals surface area contributed by atoms with Crippen molar-refractivity contribution in [1.29, 1.82) is 0 Å². The first-order chi connectivity index (χ1) is 13.0. The fourth-order valence-electron chi connectivity index (χ4n) is 3.50. The molecule has 0 bridgehead atoms. The average molecular weight is 366 g/mol. The van der Waals surface area contributed by atoms with E-state index in [9.17, 15) is 9.59 Å². The number of nitrogens with zero attached hydrogens (tertiary/aromatic N) is 3. The van der Waals surface area contributed by atoms with E-state index in [0.717, 1.165) is 19.4 Å². The summed E-state index contributed by atoms with van der Waals surface area (Å²) >= 11 is 0. The number of carbonyl (C=O) groups excluding carboxylic acids is 1. The minimum Gasteiger partial charge on any atom is -0.398 e. The fourth-order valence-corrected chi connectivity index (χ4v) is 3.50. The number of nitrogens with one attached hydrogen (secondary N) is 1. The maximum Gasteiger partial charge on any atom is 0.276 e. The zero-order valence-corrected chi connectivity index (χ0v) is 14.9. The second kappa shape index (κ2) is 6.88. The molecule has 3 heterocycles. The molecule has 8 nitrogen and oxygen atoms in total. The van der Waals surface area contributed by atoms with Crippen LogP contribution >= 0.6 is 0 Å². The number of benzene rings is 1. The maximum absolute atomic E-state index is 12.8. The number of H-pyrrole nitrogens is 1. The van der Waals surface area contributed by atoms with E-state index in [0.29, 0.717) is 34.8 Å². The van der Waals surface area contributed by atoms with Crippen molar-refractivity contribution < 1.29 is 4.79 Å². The molecule has 0 amide bonds. The number of rotatable bonds is 4. The highest BCUT2D eigenvalue weighted by Gasteiger charge is 2.21. The fraction of sp³-hybridized carbons (Fsp3) is 0.316. The second-order valence-electron chi connectivity index (χ2n) is 6.93. The van der Waals surface area contributed by atoms with Gasteiger partial charge in [0, 0.05) is 36.6 Å². The zero-order chi connectivity index (χ0) is 19.0. The molecule has 1 atom stereocenters. The second-order valence-corrected chi connectivity index (χ2v) is 6.93. The van der Waals surface area contributed by atoms with E-state index < -0.39 is 0 Å². The molecule has 4 rings (SSSR count). The van der Waals surface area contributed by atoms with Crippen LogP contribution in [0.5, 0.6) is 0 Å². The summed E-state index contributed by atoms with van der Waals surface area (Å²) in [4.78, 5) is 35.0. The molecule has 0 radical (unpaired) electrons. The van der Waals surface area contributed by atoms with Gasteiger partial charge in [-0.1, -0.05) is 12.1 Å². The molecule has 3 aromatic rings. The largest absolute Gasteiger partial charge is 0.398 e. The van der Waals surface area contributed by atoms with E-state index in [1.807, 2.05) is 0 Å². The molecule has 140 valence electrons. The lowest BCUT2D eigenvalue weighted by atomic mass is 10.1. The molecule has 1 saturated heterocycles. The van der Waals surface area contributed by atoms with Gasteiger partial charge in [0.1, 0.15) is 5.52 Å². The number of piperidine rings is 1. The van der Waals surface area contributed by atoms with Crippen LogP contribution in [-0.4, -0.2) is 39.4 Å². The van der Waals surface area contributed by atoms with Crippen LogP contribution in [0.3, 0.4) is 0 Å². The summed E-state index contributed by atoms with van der Waals surface area (Å²) in [6.07, 6.45) is 3.58. The van der Waals surface area contributed by atoms with Gasteiger partial charge in [0.25, 0.3) is 5.56 Å². The third-order valence-electron chi connectivity index (χ3n) is 4.94. The topological polar surface area (TPSA) is 123 Å². The number of para-hydroxylation sites is 1. The number of aromatic nitrogens is 3. The number of Topliss-reactive ketones (excluding diaryl/α,β-unsaturated/α-hetero) is 1. The number of hydrogen-bond acceptors (Lipinski definition) is 6. The Bertz CT molecular complexity index is 1050. The van der Waals surface area contributed by atoms with Gasteiger partial charge in [-0.15, -0.1) is 0 Å². The summed E-state index contributed by atoms with van der Waals surface area (Å²) in [6.45, 7) is 1.49. The first kappa shape index (κ1) is 17.3. The normalized spacial score (nSPS) is 17.4. The molecule has 5 N–H and O–H groups in total. The lowest BCUT2D eigenvalue weighted by Gasteiger charge is -2.30. The van der Waals surface area contributed by atoms with Crippen LogP contribution in [0.25, 0.3) is 11.0 Å². The van der Waals surface area contributed by atoms with Gasteiger partial charge in [0.2, 0.25) is 5.95 Å². The van der Waals surface area contributed by atoms with Crippen molar-refractivity contribution in [3.8, 4) is 0 Å². The summed E-state index contributed by atoms with van der Waals surface area (Å²) in [5.74, 6) is 0.435. The van der Waals surface area contributed by atoms with Crippen LogP contribution in [0.2, 0.25) is 0 Å². The van der Waals surface area contributed by atoms with Crippen molar-refractivity contribution in [2.45, 2.75) is 25.4 Å². The number of anilines is 2. The summed E-state index contributed by atoms with van der Waals surface area (Å²) in [6, 6.07) is 8.70. The number of ketones is 1. The Morgan fingerprint density at radius 1 is 1.30 bits per heavy atom. The molecule has 0 aliphatic carbocycles. The number of fused-ring (bicyclic) bond motifs is 1. The molecule has 27 heavy (non-hydrogen) atoms. The summed E-state index contributed by atoms with van der Waals surface area (Å²) in [5, 5.41) is 0. The molecule has 1 unspecified atom stereocenters. The van der Waals surface area contributed by atoms with Crippen molar-refractivity contribution in [1.82, 2.24) is 14.5 Å². The minimum absolute atomic E-state index is 0.0775. The van der Waals surface area contributed by atoms with Crippen LogP contribution in [-0.2, 0) is 6.54 Å². The van der Waals surface area contributed by atoms with Crippen molar-refractivity contribution in [2.24, 2.45) is 5.73 Å². The van der Waals surface area contributed by atoms with Crippen LogP contribution < -0.4 is 21.9 Å². The monoisotopic (exact) mass is 366 g/mol. The van der Waals surface area contributed by atoms with Crippen molar-refractivity contribution >= 4 is 28.5 Å². The first-order valence-corrected chi connectivity index (χ1v) is 9.00. The molecule has 1 fully saturated rings. The van der Waals surface area contributed by atoms with Crippen molar-refractivity contribution in [2.75, 3.05) is 23.7 Å². The summed E-state index contributed by atoms with van der Waals surface area (Å²) in [5.41, 5.74) is 13.4. The van der Waals surface area contributed by atoms with E-state index >= 15 is 0 Å². The van der Waals surface area contributed by atoms with E-state index in [2.05, 4.69) is 14.9 Å². The predicted octanol–water partition coefficient (Wildman–Crippen LogP) is 1.12. The average Bonchev–Trinajstić information content (AvgIpc) is 3.09. The van der Waals surface area contributed by atoms with Gasteiger partial charge in [-0.3, -0.25) is 9.59 Å². The van der Waals surface area contributed by atoms with Gasteiger partial charge in [-0.05, 0) is 31.0 Å². The predicted molar refractivity (Wildman–Crippen MR) is 105 cm³/mol. The quantitative estimate of drug-likeness (QED) is 0.470. The van der Waals surface area contributed by atoms with Crippen LogP contribution in [0, 0.1) is 0 Å². The van der Waals surface area contributed by atoms with Crippen LogP contribution in [0.1, 0.15) is 23.2 Å². The lowest BCUT2D eigenvalue weighted by Crippen LogP contribution is -2.43. The highest BCUT2D eigenvalue weighted by atomic mass is 16.1. The highest BCUT2D eigenvalue weighted by Crippen LogP contribution is 2.19. The molecule has 0 spiro atoms. The number of aromatic amines is 1. The van der Waals surface area contributed by atoms with Crippen molar-refractivity contribution in [3.05, 3.63) is 52.4 Å². The Kier molecular flexibility index (Phi) is 4.41. The standard InChI is InChI=1S/C19H22N6O2/c20-12-4-3-8-25(10-12)19-22-15-7-9-24(18(27)17(15)23-19)11-16(26)13-5-1-2-6-14(13)21/h1-2,5-7,9,12H,3-4,8,10-11,20-21H2,(H,22,23). The maximum atomic E-state index is 12.8. The van der Waals surface area contributed by atoms with Gasteiger partial charge in [-0.25, -0.2) is 4.98 Å². The molecule has 1 aromatic carbocycles. The van der Waals surface area contributed by atoms with Gasteiger partial charge in [0.15, 0.2) is 5.78 Å². The van der Waals surface area contributed by atoms with Crippen molar-refractivity contribution in [3.63, 3.8) is 0 Å². The third-order valence-corrected chi connectivity index (χ3v) is 4.94. The molecule has 1 aliphatic heterocycles. The summed E-state index contributed by atoms with van der Waals surface area (Å²) < 4.78 is 1.38. The smallest absolute Gasteiger partial charge is 0.276 e. The Morgan fingerprint density at radius 2 is 2.11 bits per heavy atom. The molecular formula is C19H22N6O2. The lowest BCUT2D eigenvalue weighted by molar-refractivity contribution is 0.0972. The van der Waals surface area contributed by atoms with Crippen LogP contribution in [0.15, 0.2) is 41.3 Å². The molecule has 8 heteroatoms. The Hall–Kier alpha value is -3.13. The zero-order valence-electron chi connectivity index (χ0n) is 14.9. The highest BCUT2D eigenvalue weighted by molar-refractivity contribution is 6.00. The number of nitrogen functional groups attached to an aromatic ring is 1. The molecule has 2 aromatic heterocycles. The van der Waals surface area contributed by atoms with Crippen LogP contribution in [0.4, 0.5) is 11.6 Å². The number of nitrogens with two attached hydrogens (primary N) is 2. The SMILES string of the molecule is Nc1ccccc1C(=O)Cn1ccc2nc(N3CCCC(N)C3)[nH]c2c1=O. The van der Waals surface area contributed by atoms with Gasteiger partial charge < -0.3 is 25.9 Å². The third kappa shape index (κ3) is 3.31. The minimum atomic E-state index is -0.282. The van der Waals surface area contributed by atoms with E-state index in [-0.39, 0.29) is 23.9 Å². The van der Waals surface area contributed by atoms with E-state index in [1.165, 1.54) is 4.57 Å². The number of hydrogen-bond donors (Lipinski definition) is 3. The van der Waals surface area contributed by atoms with Gasteiger partial charge >= 0.3 is 0 Å². The molecular weight excluding hydrogens is 344 g/mol. The Balaban J connectivity index is 1.63. The van der Waals surface area contributed by atoms with E-state index in [1.54, 1.807) is 36.5 Å². The van der Waals surface area contributed by atoms with Gasteiger partial charge in [0.05, 0.1) is 12.1 Å².